The van der Waals surface area contributed by atoms with Crippen LogP contribution < -0.4 is 9.46 Å². The number of aryl methyl sites for hydroxylation is 1. The summed E-state index contributed by atoms with van der Waals surface area (Å²) in [6.07, 6.45) is 2.74. The first-order valence-corrected chi connectivity index (χ1v) is 8.29. The van der Waals surface area contributed by atoms with Crippen molar-refractivity contribution in [3.05, 3.63) is 48.2 Å². The summed E-state index contributed by atoms with van der Waals surface area (Å²) in [6, 6.07) is 6.66. The minimum atomic E-state index is -3.86. The molecule has 0 aliphatic heterocycles. The summed E-state index contributed by atoms with van der Waals surface area (Å²) in [4.78, 5) is -0.208. The highest BCUT2D eigenvalue weighted by Gasteiger charge is 2.22. The van der Waals surface area contributed by atoms with Crippen LogP contribution in [0.25, 0.3) is 0 Å². The molecule has 7 heteroatoms. The van der Waals surface area contributed by atoms with E-state index < -0.39 is 15.8 Å². The fourth-order valence-corrected chi connectivity index (χ4v) is 3.52. The number of ether oxygens (including phenoxy) is 1. The van der Waals surface area contributed by atoms with Gasteiger partial charge in [0.15, 0.2) is 0 Å². The molecule has 22 heavy (non-hydrogen) atoms. The number of sulfonamides is 1. The van der Waals surface area contributed by atoms with Crippen molar-refractivity contribution in [2.45, 2.75) is 30.7 Å². The van der Waals surface area contributed by atoms with Crippen molar-refractivity contribution in [3.63, 3.8) is 0 Å². The summed E-state index contributed by atoms with van der Waals surface area (Å²) in [5.41, 5.74) is 0. The van der Waals surface area contributed by atoms with Gasteiger partial charge in [-0.25, -0.2) is 17.5 Å². The van der Waals surface area contributed by atoms with Crippen LogP contribution in [0.1, 0.15) is 19.1 Å². The largest absolute Gasteiger partial charge is 0.495 e. The molecule has 120 valence electrons. The number of furan rings is 1. The molecule has 0 spiro atoms. The van der Waals surface area contributed by atoms with Gasteiger partial charge in [0.05, 0.1) is 13.4 Å². The van der Waals surface area contributed by atoms with E-state index in [0.29, 0.717) is 12.8 Å². The van der Waals surface area contributed by atoms with Crippen LogP contribution in [0.4, 0.5) is 4.39 Å². The first-order chi connectivity index (χ1) is 10.4. The number of nitrogens with one attached hydrogen (secondary N) is 1. The van der Waals surface area contributed by atoms with Gasteiger partial charge in [0, 0.05) is 12.5 Å². The Kier molecular flexibility index (Phi) is 5.20. The third-order valence-electron chi connectivity index (χ3n) is 3.18. The summed E-state index contributed by atoms with van der Waals surface area (Å²) in [5, 5.41) is 0. The highest BCUT2D eigenvalue weighted by atomic mass is 32.2. The first-order valence-electron chi connectivity index (χ1n) is 6.80. The molecule has 0 saturated heterocycles. The Hall–Kier alpha value is -1.86. The van der Waals surface area contributed by atoms with E-state index in [0.717, 1.165) is 17.9 Å². The van der Waals surface area contributed by atoms with Crippen LogP contribution >= 0.6 is 0 Å². The average molecular weight is 327 g/mol. The summed E-state index contributed by atoms with van der Waals surface area (Å²) in [6.45, 7) is 1.74. The van der Waals surface area contributed by atoms with Crippen molar-refractivity contribution in [2.24, 2.45) is 0 Å². The lowest BCUT2D eigenvalue weighted by atomic mass is 10.2. The molecule has 0 saturated carbocycles. The molecule has 1 unspecified atom stereocenters. The van der Waals surface area contributed by atoms with Gasteiger partial charge in [-0.3, -0.25) is 0 Å². The molecule has 5 nitrogen and oxygen atoms in total. The number of halogens is 1. The minimum absolute atomic E-state index is 0.104. The zero-order valence-electron chi connectivity index (χ0n) is 12.4. The van der Waals surface area contributed by atoms with Gasteiger partial charge in [-0.1, -0.05) is 0 Å². The standard InChI is InChI=1S/C15H18FNO4S/c1-11(5-7-13-4-3-9-21-13)17-22(18,19)15-10-12(16)6-8-14(15)20-2/h3-4,6,8-11,17H,5,7H2,1-2H3. The molecule has 0 fully saturated rings. The molecule has 2 rings (SSSR count). The van der Waals surface area contributed by atoms with E-state index in [9.17, 15) is 12.8 Å². The van der Waals surface area contributed by atoms with Crippen LogP contribution in [0.3, 0.4) is 0 Å². The topological polar surface area (TPSA) is 68.5 Å². The van der Waals surface area contributed by atoms with Gasteiger partial charge >= 0.3 is 0 Å². The lowest BCUT2D eigenvalue weighted by Gasteiger charge is -2.15. The lowest BCUT2D eigenvalue weighted by Crippen LogP contribution is -2.33. The van der Waals surface area contributed by atoms with Crippen LogP contribution in [0, 0.1) is 5.82 Å². The third kappa shape index (κ3) is 4.08. The predicted octanol–water partition coefficient (Wildman–Crippen LogP) is 2.73. The van der Waals surface area contributed by atoms with Crippen molar-refractivity contribution >= 4 is 10.0 Å². The van der Waals surface area contributed by atoms with Crippen molar-refractivity contribution in [2.75, 3.05) is 7.11 Å². The molecule has 2 aromatic rings. The van der Waals surface area contributed by atoms with Crippen LogP contribution in [0.15, 0.2) is 45.9 Å². The Morgan fingerprint density at radius 2 is 2.14 bits per heavy atom. The maximum absolute atomic E-state index is 13.3. The van der Waals surface area contributed by atoms with E-state index >= 15 is 0 Å². The zero-order valence-corrected chi connectivity index (χ0v) is 13.2. The fourth-order valence-electron chi connectivity index (χ4n) is 2.06. The molecule has 1 heterocycles. The highest BCUT2D eigenvalue weighted by molar-refractivity contribution is 7.89. The lowest BCUT2D eigenvalue weighted by molar-refractivity contribution is 0.400. The first kappa shape index (κ1) is 16.5. The number of benzene rings is 1. The molecular weight excluding hydrogens is 309 g/mol. The maximum atomic E-state index is 13.3. The Labute approximate surface area is 129 Å². The van der Waals surface area contributed by atoms with Crippen LogP contribution in [-0.2, 0) is 16.4 Å². The van der Waals surface area contributed by atoms with E-state index in [-0.39, 0.29) is 16.7 Å². The molecule has 0 aliphatic carbocycles. The molecule has 1 aromatic heterocycles. The van der Waals surface area contributed by atoms with E-state index in [1.807, 2.05) is 6.07 Å². The second kappa shape index (κ2) is 6.93. The van der Waals surface area contributed by atoms with Crippen molar-refractivity contribution in [1.82, 2.24) is 4.72 Å². The van der Waals surface area contributed by atoms with Gasteiger partial charge in [-0.2, -0.15) is 0 Å². The van der Waals surface area contributed by atoms with E-state index in [1.165, 1.54) is 13.2 Å². The number of rotatable bonds is 7. The second-order valence-electron chi connectivity index (χ2n) is 4.94. The van der Waals surface area contributed by atoms with Gasteiger partial charge in [0.2, 0.25) is 10.0 Å². The number of hydrogen-bond donors (Lipinski definition) is 1. The summed E-state index contributed by atoms with van der Waals surface area (Å²) >= 11 is 0. The van der Waals surface area contributed by atoms with Gasteiger partial charge in [0.25, 0.3) is 0 Å². The smallest absolute Gasteiger partial charge is 0.244 e. The Morgan fingerprint density at radius 1 is 1.36 bits per heavy atom. The van der Waals surface area contributed by atoms with Crippen molar-refractivity contribution in [3.8, 4) is 5.75 Å². The van der Waals surface area contributed by atoms with Gasteiger partial charge in [-0.15, -0.1) is 0 Å². The molecular formula is C15H18FNO4S. The molecule has 1 atom stereocenters. The summed E-state index contributed by atoms with van der Waals surface area (Å²) in [7, 11) is -2.52. The van der Waals surface area contributed by atoms with Crippen molar-refractivity contribution < 1.29 is 22.0 Å². The second-order valence-corrected chi connectivity index (χ2v) is 6.62. The van der Waals surface area contributed by atoms with Crippen LogP contribution in [-0.4, -0.2) is 21.6 Å². The van der Waals surface area contributed by atoms with Crippen LogP contribution in [0.2, 0.25) is 0 Å². The zero-order chi connectivity index (χ0) is 16.2. The molecule has 0 bridgehead atoms. The number of methoxy groups -OCH3 is 1. The van der Waals surface area contributed by atoms with E-state index in [1.54, 1.807) is 19.3 Å². The molecule has 1 aromatic carbocycles. The Balaban J connectivity index is 2.08. The molecule has 0 amide bonds. The van der Waals surface area contributed by atoms with Gasteiger partial charge < -0.3 is 9.15 Å². The minimum Gasteiger partial charge on any atom is -0.495 e. The quantitative estimate of drug-likeness (QED) is 0.849. The average Bonchev–Trinajstić information content (AvgIpc) is 2.98. The fraction of sp³-hybridized carbons (Fsp3) is 0.333. The predicted molar refractivity (Wildman–Crippen MR) is 79.8 cm³/mol. The number of hydrogen-bond acceptors (Lipinski definition) is 4. The van der Waals surface area contributed by atoms with Crippen LogP contribution in [0.5, 0.6) is 5.75 Å². The normalized spacial score (nSPS) is 13.0. The Bertz CT molecular complexity index is 713. The molecule has 0 aliphatic rings. The maximum Gasteiger partial charge on any atom is 0.244 e. The van der Waals surface area contributed by atoms with Gasteiger partial charge in [-0.05, 0) is 43.7 Å². The monoisotopic (exact) mass is 327 g/mol. The summed E-state index contributed by atoms with van der Waals surface area (Å²) < 4.78 is 50.7. The van der Waals surface area contributed by atoms with Crippen molar-refractivity contribution in [1.29, 1.82) is 0 Å². The van der Waals surface area contributed by atoms with Gasteiger partial charge in [0.1, 0.15) is 22.2 Å². The summed E-state index contributed by atoms with van der Waals surface area (Å²) in [5.74, 6) is 0.255. The SMILES string of the molecule is COc1ccc(F)cc1S(=O)(=O)NC(C)CCc1ccco1. The Morgan fingerprint density at radius 3 is 2.77 bits per heavy atom. The van der Waals surface area contributed by atoms with E-state index in [2.05, 4.69) is 4.72 Å². The molecule has 1 N–H and O–H groups in total. The highest BCUT2D eigenvalue weighted by Crippen LogP contribution is 2.24. The van der Waals surface area contributed by atoms with E-state index in [4.69, 9.17) is 9.15 Å². The molecule has 0 radical (unpaired) electrons. The third-order valence-corrected chi connectivity index (χ3v) is 4.79.